The maximum Gasteiger partial charge on any atom is 0.303 e. The molecule has 0 atom stereocenters. The molecule has 0 saturated carbocycles. The van der Waals surface area contributed by atoms with Gasteiger partial charge in [0, 0.05) is 42.9 Å². The Morgan fingerprint density at radius 2 is 1.70 bits per heavy atom. The number of carbonyl (C=O) groups is 1. The van der Waals surface area contributed by atoms with E-state index < -0.39 is 27.6 Å². The minimum absolute atomic E-state index is 0.0149. The third-order valence-corrected chi connectivity index (χ3v) is 7.45. The number of carboxylic acid groups (broad SMARTS) is 1. The van der Waals surface area contributed by atoms with Gasteiger partial charge in [0.1, 0.15) is 28.9 Å². The summed E-state index contributed by atoms with van der Waals surface area (Å²) in [5.74, 6) is -0.901. The first-order valence-electron chi connectivity index (χ1n) is 13.5. The van der Waals surface area contributed by atoms with E-state index in [1.165, 1.54) is 12.1 Å². The number of rotatable bonds is 14. The lowest BCUT2D eigenvalue weighted by molar-refractivity contribution is -0.137. The average Bonchev–Trinajstić information content (AvgIpc) is 2.95. The smallest absolute Gasteiger partial charge is 0.303 e. The molecule has 4 rings (SSSR count). The zero-order chi connectivity index (χ0) is 31.9. The van der Waals surface area contributed by atoms with Crippen LogP contribution in [0.5, 0.6) is 17.2 Å². The van der Waals surface area contributed by atoms with E-state index in [0.29, 0.717) is 52.2 Å². The summed E-state index contributed by atoms with van der Waals surface area (Å²) in [5.41, 5.74) is 2.82. The van der Waals surface area contributed by atoms with Crippen molar-refractivity contribution in [2.24, 2.45) is 0 Å². The monoisotopic (exact) mass is 644 g/mol. The Morgan fingerprint density at radius 1 is 0.977 bits per heavy atom. The van der Waals surface area contributed by atoms with Crippen molar-refractivity contribution in [2.75, 3.05) is 22.5 Å². The predicted octanol–water partition coefficient (Wildman–Crippen LogP) is 7.54. The molecule has 0 aliphatic carbocycles. The van der Waals surface area contributed by atoms with Gasteiger partial charge in [0.25, 0.3) is 0 Å². The number of ether oxygens (including phenoxy) is 2. The SMILES string of the molecule is Cc1c(NS(C)(=O)=O)cccc1N(Cc1ccc(Oc2ccc(Cl)c(OCCCC(=O)O)c2)cc1)Cc1ccc(F)cc1F. The van der Waals surface area contributed by atoms with E-state index in [4.69, 9.17) is 26.2 Å². The van der Waals surface area contributed by atoms with Crippen LogP contribution in [0.1, 0.15) is 29.5 Å². The molecule has 0 radical (unpaired) electrons. The summed E-state index contributed by atoms with van der Waals surface area (Å²) < 4.78 is 66.2. The van der Waals surface area contributed by atoms with Gasteiger partial charge >= 0.3 is 5.97 Å². The Balaban J connectivity index is 1.54. The molecule has 0 heterocycles. The third kappa shape index (κ3) is 9.32. The van der Waals surface area contributed by atoms with Crippen LogP contribution in [0.15, 0.2) is 78.9 Å². The minimum atomic E-state index is -3.54. The van der Waals surface area contributed by atoms with Gasteiger partial charge in [-0.15, -0.1) is 0 Å². The molecule has 8 nitrogen and oxygen atoms in total. The quantitative estimate of drug-likeness (QED) is 0.137. The van der Waals surface area contributed by atoms with Crippen LogP contribution >= 0.6 is 11.6 Å². The molecule has 0 aliphatic rings. The number of anilines is 2. The number of hydrogen-bond acceptors (Lipinski definition) is 6. The van der Waals surface area contributed by atoms with Crippen molar-refractivity contribution in [3.8, 4) is 17.2 Å². The highest BCUT2D eigenvalue weighted by Crippen LogP contribution is 2.33. The number of sulfonamides is 1. The van der Waals surface area contributed by atoms with Crippen LogP contribution in [0.4, 0.5) is 20.2 Å². The van der Waals surface area contributed by atoms with Gasteiger partial charge in [0.05, 0.1) is 23.6 Å². The van der Waals surface area contributed by atoms with Gasteiger partial charge in [0.2, 0.25) is 10.0 Å². The largest absolute Gasteiger partial charge is 0.492 e. The Kier molecular flexibility index (Phi) is 10.7. The lowest BCUT2D eigenvalue weighted by Crippen LogP contribution is -2.24. The number of hydrogen-bond donors (Lipinski definition) is 2. The van der Waals surface area contributed by atoms with E-state index in [9.17, 15) is 22.0 Å². The molecule has 232 valence electrons. The highest BCUT2D eigenvalue weighted by molar-refractivity contribution is 7.92. The fourth-order valence-corrected chi connectivity index (χ4v) is 5.23. The number of nitrogens with zero attached hydrogens (tertiary/aromatic N) is 1. The fourth-order valence-electron chi connectivity index (χ4n) is 4.44. The van der Waals surface area contributed by atoms with E-state index in [-0.39, 0.29) is 25.1 Å². The summed E-state index contributed by atoms with van der Waals surface area (Å²) in [6.45, 7) is 2.36. The number of aliphatic carboxylic acids is 1. The average molecular weight is 645 g/mol. The van der Waals surface area contributed by atoms with Gasteiger partial charge in [-0.2, -0.15) is 0 Å². The zero-order valence-electron chi connectivity index (χ0n) is 24.0. The molecular formula is C32H31ClF2N2O6S. The van der Waals surface area contributed by atoms with Crippen LogP contribution in [0.25, 0.3) is 0 Å². The lowest BCUT2D eigenvalue weighted by Gasteiger charge is -2.28. The van der Waals surface area contributed by atoms with E-state index >= 15 is 0 Å². The summed E-state index contributed by atoms with van der Waals surface area (Å²) >= 11 is 6.21. The van der Waals surface area contributed by atoms with Crippen LogP contribution in [-0.4, -0.2) is 32.4 Å². The van der Waals surface area contributed by atoms with E-state index in [0.717, 1.165) is 17.9 Å². The predicted molar refractivity (Wildman–Crippen MR) is 166 cm³/mol. The normalized spacial score (nSPS) is 11.2. The molecule has 0 unspecified atom stereocenters. The Hall–Kier alpha value is -4.35. The molecule has 44 heavy (non-hydrogen) atoms. The van der Waals surface area contributed by atoms with Crippen LogP contribution < -0.4 is 19.1 Å². The summed E-state index contributed by atoms with van der Waals surface area (Å²) in [7, 11) is -3.54. The van der Waals surface area contributed by atoms with Crippen LogP contribution in [0.2, 0.25) is 5.02 Å². The number of carboxylic acids is 1. The number of nitrogens with one attached hydrogen (secondary N) is 1. The third-order valence-electron chi connectivity index (χ3n) is 6.55. The molecule has 12 heteroatoms. The highest BCUT2D eigenvalue weighted by atomic mass is 35.5. The van der Waals surface area contributed by atoms with Crippen molar-refractivity contribution in [3.05, 3.63) is 112 Å². The van der Waals surface area contributed by atoms with Crippen molar-refractivity contribution in [2.45, 2.75) is 32.9 Å². The van der Waals surface area contributed by atoms with Gasteiger partial charge in [-0.25, -0.2) is 17.2 Å². The number of halogens is 3. The van der Waals surface area contributed by atoms with Gasteiger partial charge in [-0.1, -0.05) is 35.9 Å². The first-order valence-corrected chi connectivity index (χ1v) is 15.8. The summed E-state index contributed by atoms with van der Waals surface area (Å²) in [4.78, 5) is 12.6. The second kappa shape index (κ2) is 14.4. The van der Waals surface area contributed by atoms with Crippen molar-refractivity contribution >= 4 is 39.0 Å². The summed E-state index contributed by atoms with van der Waals surface area (Å²) in [6, 6.07) is 20.7. The molecular weight excluding hydrogens is 614 g/mol. The Labute approximate surface area is 259 Å². The molecule has 4 aromatic rings. The second-order valence-corrected chi connectivity index (χ2v) is 12.3. The molecule has 0 bridgehead atoms. The van der Waals surface area contributed by atoms with E-state index in [1.807, 2.05) is 23.1 Å². The van der Waals surface area contributed by atoms with Gasteiger partial charge < -0.3 is 19.5 Å². The van der Waals surface area contributed by atoms with E-state index in [1.54, 1.807) is 49.4 Å². The maximum absolute atomic E-state index is 14.7. The second-order valence-electron chi connectivity index (χ2n) is 10.1. The molecule has 2 N–H and O–H groups in total. The van der Waals surface area contributed by atoms with Crippen molar-refractivity contribution in [1.29, 1.82) is 0 Å². The molecule has 0 fully saturated rings. The van der Waals surface area contributed by atoms with Gasteiger partial charge in [-0.3, -0.25) is 9.52 Å². The standard InChI is InChI=1S/C32H31ClF2N2O6S/c1-21-29(36-44(2,40)41)5-3-6-30(21)37(20-23-10-11-24(34)17-28(23)35)19-22-8-12-25(13-9-22)43-26-14-15-27(33)31(18-26)42-16-4-7-32(38)39/h3,5-6,8-15,17-18,36H,4,7,16,19-20H2,1-2H3,(H,38,39). The molecule has 0 amide bonds. The molecule has 0 spiro atoms. The number of benzene rings is 4. The first-order chi connectivity index (χ1) is 20.9. The van der Waals surface area contributed by atoms with Crippen LogP contribution in [-0.2, 0) is 27.9 Å². The topological polar surface area (TPSA) is 105 Å². The maximum atomic E-state index is 14.7. The van der Waals surface area contributed by atoms with Crippen molar-refractivity contribution < 1.29 is 36.6 Å². The highest BCUT2D eigenvalue weighted by Gasteiger charge is 2.17. The van der Waals surface area contributed by atoms with Gasteiger partial charge in [0.15, 0.2) is 0 Å². The van der Waals surface area contributed by atoms with Crippen molar-refractivity contribution in [3.63, 3.8) is 0 Å². The summed E-state index contributed by atoms with van der Waals surface area (Å²) in [6.07, 6.45) is 1.38. The lowest BCUT2D eigenvalue weighted by atomic mass is 10.1. The fraction of sp³-hybridized carbons (Fsp3) is 0.219. The molecule has 0 aromatic heterocycles. The van der Waals surface area contributed by atoms with Crippen LogP contribution in [0, 0.1) is 18.6 Å². The summed E-state index contributed by atoms with van der Waals surface area (Å²) in [5, 5.41) is 9.16. The van der Waals surface area contributed by atoms with Crippen LogP contribution in [0.3, 0.4) is 0 Å². The van der Waals surface area contributed by atoms with Crippen molar-refractivity contribution in [1.82, 2.24) is 0 Å². The Morgan fingerprint density at radius 3 is 2.39 bits per heavy atom. The molecule has 4 aromatic carbocycles. The minimum Gasteiger partial charge on any atom is -0.492 e. The molecule has 0 aliphatic heterocycles. The first kappa shape index (κ1) is 32.6. The zero-order valence-corrected chi connectivity index (χ0v) is 25.6. The Bertz CT molecular complexity index is 1740. The van der Waals surface area contributed by atoms with Gasteiger partial charge in [-0.05, 0) is 66.9 Å². The molecule has 0 saturated heterocycles. The van der Waals surface area contributed by atoms with E-state index in [2.05, 4.69) is 4.72 Å².